The highest BCUT2D eigenvalue weighted by molar-refractivity contribution is 7.62. The second kappa shape index (κ2) is 16.5. The molecule has 0 bridgehead atoms. The average molecular weight is 721 g/mol. The number of carbonyl (C=O) groups excluding carboxylic acids is 4. The minimum absolute atomic E-state index is 0.0409. The van der Waals surface area contributed by atoms with E-state index in [1.807, 2.05) is 81.4 Å². The monoisotopic (exact) mass is 720 g/mol. The normalized spacial score (nSPS) is 16.2. The number of piperidine rings is 1. The number of amides is 5. The van der Waals surface area contributed by atoms with E-state index in [9.17, 15) is 23.7 Å². The standard InChI is InChI=1S/C37H45N4O9P/c1-37(2,3)50-36(45)39-21-19-30(20-22-39)40-23-24-41(35(40)44)34(43)38-32(33(42)47-4)29-15-17-31(18-16-29)51(46,48-25-27-11-7-5-8-12-27)49-26-28-13-9-6-10-14-28/h5-18,30,32H,19-26H2,1-4H3,(H,38,43). The number of carbonyl (C=O) groups is 4. The van der Waals surface area contributed by atoms with Crippen LogP contribution in [0.5, 0.6) is 0 Å². The van der Waals surface area contributed by atoms with Crippen LogP contribution in [-0.4, -0.2) is 83.8 Å². The van der Waals surface area contributed by atoms with Gasteiger partial charge in [0.15, 0.2) is 6.04 Å². The molecule has 1 N–H and O–H groups in total. The summed E-state index contributed by atoms with van der Waals surface area (Å²) in [5, 5.41) is 2.90. The average Bonchev–Trinajstić information content (AvgIpc) is 3.53. The Morgan fingerprint density at radius 2 is 1.37 bits per heavy atom. The molecule has 2 heterocycles. The number of rotatable bonds is 11. The molecule has 0 radical (unpaired) electrons. The van der Waals surface area contributed by atoms with Crippen molar-refractivity contribution in [1.29, 1.82) is 0 Å². The molecule has 5 amide bonds. The van der Waals surface area contributed by atoms with Crippen LogP contribution in [0.4, 0.5) is 14.4 Å². The lowest BCUT2D eigenvalue weighted by atomic mass is 10.0. The van der Waals surface area contributed by atoms with Crippen molar-refractivity contribution in [2.45, 2.75) is 64.5 Å². The van der Waals surface area contributed by atoms with Crippen molar-refractivity contribution in [2.24, 2.45) is 0 Å². The number of methoxy groups -OCH3 is 1. The Hall–Kier alpha value is -4.71. The van der Waals surface area contributed by atoms with Crippen molar-refractivity contribution >= 4 is 37.0 Å². The Balaban J connectivity index is 1.25. The van der Waals surface area contributed by atoms with Crippen molar-refractivity contribution in [3.8, 4) is 0 Å². The molecule has 0 aromatic heterocycles. The number of nitrogens with zero attached hydrogens (tertiary/aromatic N) is 3. The molecule has 14 heteroatoms. The Morgan fingerprint density at radius 3 is 1.88 bits per heavy atom. The molecule has 1 unspecified atom stereocenters. The summed E-state index contributed by atoms with van der Waals surface area (Å²) >= 11 is 0. The fourth-order valence-corrected chi connectivity index (χ4v) is 7.39. The summed E-state index contributed by atoms with van der Waals surface area (Å²) < 4.78 is 36.5. The summed E-state index contributed by atoms with van der Waals surface area (Å²) in [5.41, 5.74) is 1.36. The van der Waals surface area contributed by atoms with Gasteiger partial charge in [0.05, 0.1) is 25.6 Å². The highest BCUT2D eigenvalue weighted by atomic mass is 31.2. The summed E-state index contributed by atoms with van der Waals surface area (Å²) in [7, 11) is -2.67. The number of likely N-dealkylation sites (tertiary alicyclic amines) is 1. The highest BCUT2D eigenvalue weighted by Crippen LogP contribution is 2.48. The molecule has 2 aliphatic heterocycles. The van der Waals surface area contributed by atoms with Crippen LogP contribution in [0, 0.1) is 0 Å². The van der Waals surface area contributed by atoms with Gasteiger partial charge in [0, 0.05) is 32.2 Å². The van der Waals surface area contributed by atoms with E-state index in [4.69, 9.17) is 18.5 Å². The van der Waals surface area contributed by atoms with Crippen LogP contribution < -0.4 is 10.6 Å². The van der Waals surface area contributed by atoms with E-state index in [1.165, 1.54) is 31.4 Å². The first-order valence-electron chi connectivity index (χ1n) is 16.9. The molecule has 0 aliphatic carbocycles. The van der Waals surface area contributed by atoms with Crippen LogP contribution in [0.3, 0.4) is 0 Å². The number of imide groups is 1. The lowest BCUT2D eigenvalue weighted by Gasteiger charge is -2.37. The van der Waals surface area contributed by atoms with Crippen LogP contribution in [0.25, 0.3) is 0 Å². The van der Waals surface area contributed by atoms with E-state index < -0.39 is 37.3 Å². The molecule has 272 valence electrons. The maximum absolute atomic E-state index is 14.2. The quantitative estimate of drug-likeness (QED) is 0.186. The van der Waals surface area contributed by atoms with Gasteiger partial charge < -0.3 is 33.6 Å². The molecular weight excluding hydrogens is 675 g/mol. The third-order valence-electron chi connectivity index (χ3n) is 8.58. The van der Waals surface area contributed by atoms with E-state index >= 15 is 0 Å². The molecule has 5 rings (SSSR count). The van der Waals surface area contributed by atoms with Gasteiger partial charge in [-0.3, -0.25) is 4.57 Å². The Labute approximate surface area is 298 Å². The molecule has 3 aromatic carbocycles. The molecule has 2 saturated heterocycles. The fourth-order valence-electron chi connectivity index (χ4n) is 5.87. The smallest absolute Gasteiger partial charge is 0.410 e. The molecule has 0 saturated carbocycles. The lowest BCUT2D eigenvalue weighted by Crippen LogP contribution is -2.50. The Bertz CT molecular complexity index is 1660. The number of nitrogens with one attached hydrogen (secondary N) is 1. The number of hydrogen-bond donors (Lipinski definition) is 1. The molecule has 3 aromatic rings. The van der Waals surface area contributed by atoms with E-state index in [2.05, 4.69) is 5.32 Å². The third-order valence-corrected chi connectivity index (χ3v) is 10.4. The summed E-state index contributed by atoms with van der Waals surface area (Å²) in [6, 6.07) is 22.1. The van der Waals surface area contributed by atoms with Crippen LogP contribution in [0.15, 0.2) is 84.9 Å². The largest absolute Gasteiger partial charge is 0.467 e. The van der Waals surface area contributed by atoms with Crippen LogP contribution in [-0.2, 0) is 41.1 Å². The third kappa shape index (κ3) is 9.75. The van der Waals surface area contributed by atoms with E-state index in [0.29, 0.717) is 38.0 Å². The molecule has 51 heavy (non-hydrogen) atoms. The SMILES string of the molecule is COC(=O)C(NC(=O)N1CCN(C2CCN(C(=O)OC(C)(C)C)CC2)C1=O)c1ccc(P(=O)(OCc2ccccc2)OCc2ccccc2)cc1. The van der Waals surface area contributed by atoms with Crippen LogP contribution >= 0.6 is 7.60 Å². The second-order valence-electron chi connectivity index (χ2n) is 13.3. The lowest BCUT2D eigenvalue weighted by molar-refractivity contribution is -0.143. The summed E-state index contributed by atoms with van der Waals surface area (Å²) in [6.07, 6.45) is 0.704. The van der Waals surface area contributed by atoms with Crippen molar-refractivity contribution in [3.05, 3.63) is 102 Å². The first-order chi connectivity index (χ1) is 24.4. The summed E-state index contributed by atoms with van der Waals surface area (Å²) in [4.78, 5) is 56.6. The zero-order valence-corrected chi connectivity index (χ0v) is 30.3. The van der Waals surface area contributed by atoms with Crippen molar-refractivity contribution in [1.82, 2.24) is 20.0 Å². The zero-order chi connectivity index (χ0) is 36.6. The van der Waals surface area contributed by atoms with Gasteiger partial charge in [-0.2, -0.15) is 0 Å². The Kier molecular flexibility index (Phi) is 12.2. The molecule has 1 atom stereocenters. The first kappa shape index (κ1) is 37.5. The van der Waals surface area contributed by atoms with Gasteiger partial charge in [0.2, 0.25) is 0 Å². The predicted octanol–water partition coefficient (Wildman–Crippen LogP) is 6.00. The Morgan fingerprint density at radius 1 is 0.824 bits per heavy atom. The topological polar surface area (TPSA) is 144 Å². The molecule has 2 fully saturated rings. The van der Waals surface area contributed by atoms with E-state index in [1.54, 1.807) is 9.80 Å². The van der Waals surface area contributed by atoms with Gasteiger partial charge in [-0.25, -0.2) is 24.1 Å². The molecular formula is C37H45N4O9P. The second-order valence-corrected chi connectivity index (χ2v) is 15.4. The van der Waals surface area contributed by atoms with Crippen LogP contribution in [0.2, 0.25) is 0 Å². The maximum Gasteiger partial charge on any atom is 0.410 e. The summed E-state index contributed by atoms with van der Waals surface area (Å²) in [6.45, 7) is 6.82. The molecule has 13 nitrogen and oxygen atoms in total. The van der Waals surface area contributed by atoms with Gasteiger partial charge in [0.25, 0.3) is 0 Å². The molecule has 2 aliphatic rings. The van der Waals surface area contributed by atoms with Gasteiger partial charge >= 0.3 is 31.7 Å². The fraction of sp³-hybridized carbons (Fsp3) is 0.405. The number of ether oxygens (including phenoxy) is 2. The highest BCUT2D eigenvalue weighted by Gasteiger charge is 2.40. The number of urea groups is 2. The number of benzene rings is 3. The minimum atomic E-state index is -3.87. The zero-order valence-electron chi connectivity index (χ0n) is 29.4. The predicted molar refractivity (Wildman–Crippen MR) is 189 cm³/mol. The van der Waals surface area contributed by atoms with Gasteiger partial charge in [-0.1, -0.05) is 72.8 Å². The van der Waals surface area contributed by atoms with E-state index in [0.717, 1.165) is 16.0 Å². The number of hydrogen-bond acceptors (Lipinski definition) is 9. The summed E-state index contributed by atoms with van der Waals surface area (Å²) in [5.74, 6) is -0.752. The van der Waals surface area contributed by atoms with Crippen LogP contribution in [0.1, 0.15) is 56.3 Å². The van der Waals surface area contributed by atoms with Crippen molar-refractivity contribution in [3.63, 3.8) is 0 Å². The molecule has 0 spiro atoms. The van der Waals surface area contributed by atoms with Gasteiger partial charge in [0.1, 0.15) is 5.60 Å². The first-order valence-corrected chi connectivity index (χ1v) is 18.4. The number of esters is 1. The van der Waals surface area contributed by atoms with Crippen molar-refractivity contribution in [2.75, 3.05) is 33.3 Å². The van der Waals surface area contributed by atoms with E-state index in [-0.39, 0.29) is 37.2 Å². The van der Waals surface area contributed by atoms with Gasteiger partial charge in [-0.05, 0) is 62.4 Å². The van der Waals surface area contributed by atoms with Gasteiger partial charge in [-0.15, -0.1) is 0 Å². The van der Waals surface area contributed by atoms with Crippen molar-refractivity contribution < 1.29 is 42.3 Å². The minimum Gasteiger partial charge on any atom is -0.467 e. The maximum atomic E-state index is 14.2.